The number of carbonyl (C=O) groups excluding carboxylic acids is 2. The number of phosphoric ester groups is 1. The first-order valence-electron chi connectivity index (χ1n) is 22.6. The molecule has 13 nitrogen and oxygen atoms in total. The third kappa shape index (κ3) is 28.2. The van der Waals surface area contributed by atoms with E-state index in [0.29, 0.717) is 19.3 Å². The van der Waals surface area contributed by atoms with Gasteiger partial charge in [-0.25, -0.2) is 4.57 Å². The lowest BCUT2D eigenvalue weighted by Crippen LogP contribution is -2.64. The van der Waals surface area contributed by atoms with Gasteiger partial charge >= 0.3 is 19.8 Å². The fraction of sp³-hybridized carbons (Fsp3) is 0.739. The van der Waals surface area contributed by atoms with E-state index >= 15 is 0 Å². The molecular weight excluding hydrogens is 791 g/mol. The molecule has 1 aliphatic carbocycles. The Bertz CT molecular complexity index is 1280. The molecule has 0 radical (unpaired) electrons. The van der Waals surface area contributed by atoms with Crippen LogP contribution in [0, 0.1) is 0 Å². The van der Waals surface area contributed by atoms with Gasteiger partial charge in [0.15, 0.2) is 6.10 Å². The number of hydrogen-bond acceptors (Lipinski definition) is 12. The average Bonchev–Trinajstić information content (AvgIpc) is 3.23. The average molecular weight is 871 g/mol. The number of allylic oxidation sites excluding steroid dienone is 10. The molecule has 346 valence electrons. The summed E-state index contributed by atoms with van der Waals surface area (Å²) in [4.78, 5) is 35.6. The third-order valence-corrected chi connectivity index (χ3v) is 11.1. The SMILES string of the molecule is CCCCC/C=C/C/C=C/C/C=C/C/C=C/CCCC(=O)OC[C@@H](COP(=O)(O)OC1C(O)C(O)C(O)[C@H](O)C1O)OC(=O)CCCCCCC/C=C/CCCCCCC. The number of aliphatic hydroxyl groups excluding tert-OH is 5. The molecule has 6 unspecified atom stereocenters. The molecule has 1 fully saturated rings. The summed E-state index contributed by atoms with van der Waals surface area (Å²) in [5.74, 6) is -1.18. The highest BCUT2D eigenvalue weighted by Gasteiger charge is 2.51. The topological polar surface area (TPSA) is 210 Å². The van der Waals surface area contributed by atoms with Gasteiger partial charge in [-0.3, -0.25) is 18.6 Å². The van der Waals surface area contributed by atoms with E-state index in [1.165, 1.54) is 51.4 Å². The van der Waals surface area contributed by atoms with Crippen LogP contribution in [0.1, 0.15) is 162 Å². The van der Waals surface area contributed by atoms with Gasteiger partial charge in [-0.05, 0) is 77.0 Å². The maximum absolute atomic E-state index is 12.8. The number of phosphoric acid groups is 1. The van der Waals surface area contributed by atoms with Crippen LogP contribution in [0.2, 0.25) is 0 Å². The van der Waals surface area contributed by atoms with Crippen LogP contribution in [0.15, 0.2) is 60.8 Å². The molecule has 0 amide bonds. The smallest absolute Gasteiger partial charge is 0.462 e. The van der Waals surface area contributed by atoms with Crippen molar-refractivity contribution in [3.05, 3.63) is 60.8 Å². The van der Waals surface area contributed by atoms with Gasteiger partial charge in [-0.15, -0.1) is 0 Å². The molecule has 1 saturated carbocycles. The second kappa shape index (κ2) is 36.1. The minimum absolute atomic E-state index is 0.0727. The zero-order valence-corrected chi connectivity index (χ0v) is 37.4. The van der Waals surface area contributed by atoms with Crippen molar-refractivity contribution in [2.75, 3.05) is 13.2 Å². The van der Waals surface area contributed by atoms with Gasteiger partial charge < -0.3 is 39.9 Å². The molecule has 0 aromatic rings. The first kappa shape index (κ1) is 55.6. The minimum Gasteiger partial charge on any atom is -0.462 e. The van der Waals surface area contributed by atoms with Crippen molar-refractivity contribution in [1.82, 2.24) is 0 Å². The molecule has 0 aliphatic heterocycles. The molecule has 0 aromatic heterocycles. The zero-order valence-electron chi connectivity index (χ0n) is 36.5. The Morgan fingerprint density at radius 2 is 0.917 bits per heavy atom. The molecular formula is C46H79O13P. The molecule has 1 aliphatic rings. The fourth-order valence-corrected chi connectivity index (χ4v) is 7.36. The number of esters is 2. The number of hydrogen-bond donors (Lipinski definition) is 6. The number of aliphatic hydroxyl groups is 5. The maximum Gasteiger partial charge on any atom is 0.472 e. The largest absolute Gasteiger partial charge is 0.472 e. The van der Waals surface area contributed by atoms with Crippen LogP contribution in [0.4, 0.5) is 0 Å². The van der Waals surface area contributed by atoms with Gasteiger partial charge in [0.25, 0.3) is 0 Å². The van der Waals surface area contributed by atoms with Crippen molar-refractivity contribution in [3.8, 4) is 0 Å². The minimum atomic E-state index is -5.13. The maximum atomic E-state index is 12.8. The van der Waals surface area contributed by atoms with E-state index < -0.39 is 75.7 Å². The Hall–Kier alpha value is -2.45. The first-order valence-corrected chi connectivity index (χ1v) is 24.1. The third-order valence-electron chi connectivity index (χ3n) is 10.1. The summed E-state index contributed by atoms with van der Waals surface area (Å²) >= 11 is 0. The van der Waals surface area contributed by atoms with Gasteiger partial charge in [0.2, 0.25) is 0 Å². The highest BCUT2D eigenvalue weighted by atomic mass is 31.2. The predicted octanol–water partition coefficient (Wildman–Crippen LogP) is 8.55. The molecule has 0 spiro atoms. The lowest BCUT2D eigenvalue weighted by atomic mass is 9.85. The van der Waals surface area contributed by atoms with Crippen molar-refractivity contribution >= 4 is 19.8 Å². The Balaban J connectivity index is 2.53. The first-order chi connectivity index (χ1) is 28.9. The summed E-state index contributed by atoms with van der Waals surface area (Å²) in [5.41, 5.74) is 0. The van der Waals surface area contributed by atoms with E-state index in [4.69, 9.17) is 18.5 Å². The Kier molecular flexibility index (Phi) is 33.4. The summed E-state index contributed by atoms with van der Waals surface area (Å²) in [6.07, 6.45) is 30.0. The lowest BCUT2D eigenvalue weighted by Gasteiger charge is -2.41. The van der Waals surface area contributed by atoms with E-state index in [1.54, 1.807) is 0 Å². The van der Waals surface area contributed by atoms with Crippen LogP contribution in [-0.4, -0.2) is 98.3 Å². The monoisotopic (exact) mass is 871 g/mol. The molecule has 6 N–H and O–H groups in total. The lowest BCUT2D eigenvalue weighted by molar-refractivity contribution is -0.220. The second-order valence-corrected chi connectivity index (χ2v) is 16.9. The summed E-state index contributed by atoms with van der Waals surface area (Å²) in [5, 5.41) is 50.1. The van der Waals surface area contributed by atoms with Gasteiger partial charge in [-0.2, -0.15) is 0 Å². The van der Waals surface area contributed by atoms with Gasteiger partial charge in [0, 0.05) is 12.8 Å². The van der Waals surface area contributed by atoms with Crippen LogP contribution in [0.5, 0.6) is 0 Å². The Morgan fingerprint density at radius 1 is 0.517 bits per heavy atom. The van der Waals surface area contributed by atoms with Crippen molar-refractivity contribution < 1.29 is 63.1 Å². The van der Waals surface area contributed by atoms with Crippen molar-refractivity contribution in [3.63, 3.8) is 0 Å². The van der Waals surface area contributed by atoms with Crippen LogP contribution in [0.25, 0.3) is 0 Å². The van der Waals surface area contributed by atoms with Crippen molar-refractivity contribution in [1.29, 1.82) is 0 Å². The summed E-state index contributed by atoms with van der Waals surface area (Å²) in [6.45, 7) is 3.19. The predicted molar refractivity (Wildman–Crippen MR) is 235 cm³/mol. The van der Waals surface area contributed by atoms with Crippen molar-refractivity contribution in [2.24, 2.45) is 0 Å². The number of ether oxygens (including phenoxy) is 2. The Morgan fingerprint density at radius 3 is 1.47 bits per heavy atom. The molecule has 60 heavy (non-hydrogen) atoms. The molecule has 0 heterocycles. The number of rotatable bonds is 36. The highest BCUT2D eigenvalue weighted by molar-refractivity contribution is 7.47. The molecule has 1 rings (SSSR count). The van der Waals surface area contributed by atoms with Crippen LogP contribution < -0.4 is 0 Å². The van der Waals surface area contributed by atoms with E-state index in [2.05, 4.69) is 62.5 Å². The van der Waals surface area contributed by atoms with Gasteiger partial charge in [-0.1, -0.05) is 132 Å². The van der Waals surface area contributed by atoms with E-state index in [9.17, 15) is 44.6 Å². The normalized spacial score (nSPS) is 22.7. The summed E-state index contributed by atoms with van der Waals surface area (Å²) in [7, 11) is -5.13. The second-order valence-electron chi connectivity index (χ2n) is 15.5. The number of carbonyl (C=O) groups is 2. The molecule has 14 heteroatoms. The van der Waals surface area contributed by atoms with Crippen LogP contribution in [-0.2, 0) is 32.7 Å². The zero-order chi connectivity index (χ0) is 44.3. The van der Waals surface area contributed by atoms with E-state index in [0.717, 1.165) is 64.2 Å². The molecule has 8 atom stereocenters. The van der Waals surface area contributed by atoms with Gasteiger partial charge in [0.1, 0.15) is 43.2 Å². The van der Waals surface area contributed by atoms with Crippen molar-refractivity contribution in [2.45, 2.75) is 204 Å². The summed E-state index contributed by atoms with van der Waals surface area (Å²) < 4.78 is 33.4. The van der Waals surface area contributed by atoms with E-state index in [1.807, 2.05) is 12.2 Å². The quantitative estimate of drug-likeness (QED) is 0.0151. The molecule has 0 bridgehead atoms. The summed E-state index contributed by atoms with van der Waals surface area (Å²) in [6, 6.07) is 0. The van der Waals surface area contributed by atoms with Gasteiger partial charge in [0.05, 0.1) is 6.61 Å². The Labute approximate surface area is 360 Å². The van der Waals surface area contributed by atoms with E-state index in [-0.39, 0.29) is 12.8 Å². The highest BCUT2D eigenvalue weighted by Crippen LogP contribution is 2.47. The number of unbranched alkanes of at least 4 members (excludes halogenated alkanes) is 14. The fourth-order valence-electron chi connectivity index (χ4n) is 6.39. The van der Waals surface area contributed by atoms with Crippen LogP contribution >= 0.6 is 7.82 Å². The molecule has 0 saturated heterocycles. The van der Waals surface area contributed by atoms with Crippen LogP contribution in [0.3, 0.4) is 0 Å². The molecule has 0 aromatic carbocycles. The standard InChI is InChI=1S/C46H79O13P/c1-3-5-7-9-11-13-15-17-19-20-21-23-24-26-28-30-32-34-39(47)56-36-38(37-57-60(54,55)59-46-44(52)42(50)41(49)43(51)45(46)53)58-40(48)35-33-31-29-27-25-22-18-16-14-12-10-8-6-4-2/h11,13,16-19,21,23,26,28,38,41-46,49-53H,3-10,12,14-15,20,22,24-25,27,29-37H2,1-2H3,(H,54,55)/b13-11+,18-16+,19-17+,23-21+,28-26+/t38-,41?,42-,43?,44?,45?,46?/m0/s1.